The van der Waals surface area contributed by atoms with Crippen molar-refractivity contribution in [3.63, 3.8) is 0 Å². The molecule has 0 aliphatic carbocycles. The SMILES string of the molecule is CCOC(=O)c1c(Nc2ccc(Cl)cc2)oc(C=C(C#N)C#N)c1Cl. The minimum Gasteiger partial charge on any atom is -0.462 e. The third kappa shape index (κ3) is 4.33. The second-order valence-corrected chi connectivity index (χ2v) is 5.43. The average molecular weight is 376 g/mol. The molecule has 8 heteroatoms. The van der Waals surface area contributed by atoms with Gasteiger partial charge in [-0.25, -0.2) is 4.79 Å². The fraction of sp³-hybridized carbons (Fsp3) is 0.118. The van der Waals surface area contributed by atoms with E-state index < -0.39 is 5.97 Å². The molecule has 126 valence electrons. The van der Waals surface area contributed by atoms with E-state index >= 15 is 0 Å². The number of anilines is 2. The monoisotopic (exact) mass is 375 g/mol. The van der Waals surface area contributed by atoms with Gasteiger partial charge in [0.2, 0.25) is 5.88 Å². The van der Waals surface area contributed by atoms with Crippen molar-refractivity contribution in [2.45, 2.75) is 6.92 Å². The highest BCUT2D eigenvalue weighted by Crippen LogP contribution is 2.35. The van der Waals surface area contributed by atoms with Gasteiger partial charge in [-0.15, -0.1) is 0 Å². The Labute approximate surface area is 153 Å². The summed E-state index contributed by atoms with van der Waals surface area (Å²) in [5.41, 5.74) is 0.348. The number of hydrogen-bond donors (Lipinski definition) is 1. The molecule has 1 N–H and O–H groups in total. The van der Waals surface area contributed by atoms with Crippen molar-refractivity contribution >= 4 is 46.8 Å². The largest absolute Gasteiger partial charge is 0.462 e. The number of nitrogens with one attached hydrogen (secondary N) is 1. The molecule has 2 rings (SSSR count). The Morgan fingerprint density at radius 1 is 1.28 bits per heavy atom. The minimum atomic E-state index is -0.692. The molecule has 0 atom stereocenters. The summed E-state index contributed by atoms with van der Waals surface area (Å²) in [7, 11) is 0. The molecular weight excluding hydrogens is 365 g/mol. The smallest absolute Gasteiger partial charge is 0.345 e. The van der Waals surface area contributed by atoms with Gasteiger partial charge in [0.25, 0.3) is 0 Å². The predicted octanol–water partition coefficient (Wildman–Crippen LogP) is 4.94. The van der Waals surface area contributed by atoms with Crippen LogP contribution < -0.4 is 5.32 Å². The zero-order valence-electron chi connectivity index (χ0n) is 13.0. The Balaban J connectivity index is 2.51. The molecule has 1 heterocycles. The van der Waals surface area contributed by atoms with E-state index in [4.69, 9.17) is 42.9 Å². The lowest BCUT2D eigenvalue weighted by atomic mass is 10.2. The molecule has 0 fully saturated rings. The van der Waals surface area contributed by atoms with Gasteiger partial charge in [-0.3, -0.25) is 0 Å². The number of nitrogens with zero attached hydrogens (tertiary/aromatic N) is 2. The Bertz CT molecular complexity index is 887. The fourth-order valence-corrected chi connectivity index (χ4v) is 2.26. The summed E-state index contributed by atoms with van der Waals surface area (Å²) in [5, 5.41) is 21.1. The van der Waals surface area contributed by atoms with E-state index in [1.54, 1.807) is 43.3 Å². The van der Waals surface area contributed by atoms with Crippen molar-refractivity contribution in [2.24, 2.45) is 0 Å². The first kappa shape index (κ1) is 18.4. The van der Waals surface area contributed by atoms with E-state index in [0.29, 0.717) is 10.7 Å². The maximum absolute atomic E-state index is 12.2. The number of rotatable bonds is 5. The molecule has 0 saturated heterocycles. The Morgan fingerprint density at radius 2 is 1.92 bits per heavy atom. The second-order valence-electron chi connectivity index (χ2n) is 4.62. The number of esters is 1. The van der Waals surface area contributed by atoms with Gasteiger partial charge in [-0.05, 0) is 31.2 Å². The van der Waals surface area contributed by atoms with Gasteiger partial charge in [0.1, 0.15) is 28.3 Å². The number of carbonyl (C=O) groups is 1. The molecule has 1 aromatic carbocycles. The summed E-state index contributed by atoms with van der Waals surface area (Å²) in [6, 6.07) is 10.1. The van der Waals surface area contributed by atoms with Crippen LogP contribution in [0, 0.1) is 22.7 Å². The molecule has 2 aromatic rings. The van der Waals surface area contributed by atoms with Crippen molar-refractivity contribution < 1.29 is 13.9 Å². The van der Waals surface area contributed by atoms with Crippen molar-refractivity contribution in [3.8, 4) is 12.1 Å². The van der Waals surface area contributed by atoms with Crippen LogP contribution in [-0.2, 0) is 4.74 Å². The standard InChI is InChI=1S/C17H11Cl2N3O3/c1-2-24-17(23)14-15(19)13(7-10(8-20)9-21)25-16(14)22-12-5-3-11(18)4-6-12/h3-7,22H,2H2,1H3. The summed E-state index contributed by atoms with van der Waals surface area (Å²) >= 11 is 12.0. The van der Waals surface area contributed by atoms with Crippen LogP contribution >= 0.6 is 23.2 Å². The summed E-state index contributed by atoms with van der Waals surface area (Å²) < 4.78 is 10.5. The van der Waals surface area contributed by atoms with Crippen molar-refractivity contribution in [2.75, 3.05) is 11.9 Å². The van der Waals surface area contributed by atoms with Crippen LogP contribution in [0.25, 0.3) is 6.08 Å². The average Bonchev–Trinajstić information content (AvgIpc) is 2.90. The maximum atomic E-state index is 12.2. The lowest BCUT2D eigenvalue weighted by molar-refractivity contribution is 0.0527. The molecule has 1 aromatic heterocycles. The van der Waals surface area contributed by atoms with Gasteiger partial charge in [0.05, 0.1) is 6.61 Å². The minimum absolute atomic E-state index is 0.000664. The second kappa shape index (κ2) is 8.25. The number of ether oxygens (including phenoxy) is 1. The number of hydrogen-bond acceptors (Lipinski definition) is 6. The molecular formula is C17H11Cl2N3O3. The van der Waals surface area contributed by atoms with E-state index in [1.807, 2.05) is 0 Å². The number of halogens is 2. The van der Waals surface area contributed by atoms with E-state index in [9.17, 15) is 4.79 Å². The Kier molecular flexibility index (Phi) is 6.08. The van der Waals surface area contributed by atoms with Crippen LogP contribution in [-0.4, -0.2) is 12.6 Å². The highest BCUT2D eigenvalue weighted by atomic mass is 35.5. The third-order valence-corrected chi connectivity index (χ3v) is 3.60. The molecule has 0 bridgehead atoms. The van der Waals surface area contributed by atoms with Crippen LogP contribution in [0.5, 0.6) is 0 Å². The maximum Gasteiger partial charge on any atom is 0.345 e. The number of nitriles is 2. The van der Waals surface area contributed by atoms with E-state index in [-0.39, 0.29) is 34.4 Å². The molecule has 0 radical (unpaired) electrons. The Morgan fingerprint density at radius 3 is 2.48 bits per heavy atom. The van der Waals surface area contributed by atoms with Gasteiger partial charge in [-0.1, -0.05) is 23.2 Å². The summed E-state index contributed by atoms with van der Waals surface area (Å²) in [5.74, 6) is -0.658. The molecule has 25 heavy (non-hydrogen) atoms. The third-order valence-electron chi connectivity index (χ3n) is 2.97. The van der Waals surface area contributed by atoms with Crippen LogP contribution in [0.4, 0.5) is 11.6 Å². The van der Waals surface area contributed by atoms with Crippen molar-refractivity contribution in [1.82, 2.24) is 0 Å². The number of carbonyl (C=O) groups excluding carboxylic acids is 1. The van der Waals surface area contributed by atoms with Crippen LogP contribution in [0.2, 0.25) is 10.0 Å². The first-order valence-corrected chi connectivity index (χ1v) is 7.79. The van der Waals surface area contributed by atoms with E-state index in [1.165, 1.54) is 0 Å². The van der Waals surface area contributed by atoms with Crippen molar-refractivity contribution in [1.29, 1.82) is 10.5 Å². The van der Waals surface area contributed by atoms with Crippen molar-refractivity contribution in [3.05, 3.63) is 51.2 Å². The molecule has 6 nitrogen and oxygen atoms in total. The lowest BCUT2D eigenvalue weighted by Gasteiger charge is -2.06. The zero-order chi connectivity index (χ0) is 18.4. The fourth-order valence-electron chi connectivity index (χ4n) is 1.88. The first-order valence-electron chi connectivity index (χ1n) is 7.04. The van der Waals surface area contributed by atoms with Gasteiger partial charge < -0.3 is 14.5 Å². The highest BCUT2D eigenvalue weighted by Gasteiger charge is 2.25. The quantitative estimate of drug-likeness (QED) is 0.586. The molecule has 0 aliphatic rings. The lowest BCUT2D eigenvalue weighted by Crippen LogP contribution is -2.06. The molecule has 0 aliphatic heterocycles. The molecule has 0 amide bonds. The van der Waals surface area contributed by atoms with Crippen LogP contribution in [0.1, 0.15) is 23.0 Å². The number of furan rings is 1. The molecule has 0 spiro atoms. The predicted molar refractivity (Wildman–Crippen MR) is 93.6 cm³/mol. The van der Waals surface area contributed by atoms with E-state index in [0.717, 1.165) is 6.08 Å². The topological polar surface area (TPSA) is 99.0 Å². The summed E-state index contributed by atoms with van der Waals surface area (Å²) in [4.78, 5) is 12.2. The summed E-state index contributed by atoms with van der Waals surface area (Å²) in [6.45, 7) is 1.80. The molecule has 0 unspecified atom stereocenters. The van der Waals surface area contributed by atoms with Gasteiger partial charge in [0.15, 0.2) is 5.76 Å². The van der Waals surface area contributed by atoms with Gasteiger partial charge in [0, 0.05) is 16.8 Å². The first-order chi connectivity index (χ1) is 12.0. The van der Waals surface area contributed by atoms with Crippen LogP contribution in [0.15, 0.2) is 34.3 Å². The van der Waals surface area contributed by atoms with E-state index in [2.05, 4.69) is 5.32 Å². The van der Waals surface area contributed by atoms with Gasteiger partial charge in [-0.2, -0.15) is 10.5 Å². The summed E-state index contributed by atoms with van der Waals surface area (Å²) in [6.07, 6.45) is 1.15. The zero-order valence-corrected chi connectivity index (χ0v) is 14.5. The normalized spacial score (nSPS) is 9.64. The number of benzene rings is 1. The molecule has 0 saturated carbocycles. The Hall–Kier alpha value is -2.93. The highest BCUT2D eigenvalue weighted by molar-refractivity contribution is 6.35. The van der Waals surface area contributed by atoms with Crippen LogP contribution in [0.3, 0.4) is 0 Å². The number of allylic oxidation sites excluding steroid dienone is 1. The van der Waals surface area contributed by atoms with Gasteiger partial charge >= 0.3 is 5.97 Å².